The van der Waals surface area contributed by atoms with Gasteiger partial charge in [0.05, 0.1) is 11.4 Å². The monoisotopic (exact) mass is 280 g/mol. The zero-order valence-electron chi connectivity index (χ0n) is 10.8. The molecule has 19 heavy (non-hydrogen) atoms. The molecule has 4 heterocycles. The van der Waals surface area contributed by atoms with Crippen LogP contribution in [0.1, 0.15) is 23.7 Å². The average molecular weight is 280 g/mol. The number of rotatable bonds is 1. The van der Waals surface area contributed by atoms with Gasteiger partial charge in [-0.3, -0.25) is 5.10 Å². The predicted molar refractivity (Wildman–Crippen MR) is 74.7 cm³/mol. The molecule has 3 aliphatic heterocycles. The van der Waals surface area contributed by atoms with Gasteiger partial charge in [0.2, 0.25) is 0 Å². The fourth-order valence-corrected chi connectivity index (χ4v) is 5.90. The molecule has 4 N–H and O–H groups in total. The van der Waals surface area contributed by atoms with Crippen LogP contribution >= 0.6 is 11.8 Å². The number of nitrogens with zero attached hydrogens (tertiary/aromatic N) is 1. The molecule has 104 valence electrons. The second-order valence-electron chi connectivity index (χ2n) is 5.87. The smallest absolute Gasteiger partial charge is 0.137 e. The molecular weight excluding hydrogens is 260 g/mol. The second kappa shape index (κ2) is 4.48. The Morgan fingerprint density at radius 2 is 2.42 bits per heavy atom. The number of hydrogen-bond acceptors (Lipinski definition) is 5. The van der Waals surface area contributed by atoms with Crippen LogP contribution in [0.4, 0.5) is 0 Å². The topological polar surface area (TPSA) is 76.0 Å². The van der Waals surface area contributed by atoms with Gasteiger partial charge in [-0.1, -0.05) is 0 Å². The number of nitrogens with two attached hydrogens (primary N) is 1. The Balaban J connectivity index is 1.75. The van der Waals surface area contributed by atoms with Crippen LogP contribution in [-0.4, -0.2) is 40.9 Å². The summed E-state index contributed by atoms with van der Waals surface area (Å²) < 4.78 is 6.17. The summed E-state index contributed by atoms with van der Waals surface area (Å²) in [5.74, 6) is 1.11. The van der Waals surface area contributed by atoms with Crippen LogP contribution in [0, 0.1) is 11.8 Å². The number of aromatic nitrogens is 2. The molecule has 0 aromatic carbocycles. The van der Waals surface area contributed by atoms with Crippen LogP contribution in [0.2, 0.25) is 0 Å². The summed E-state index contributed by atoms with van der Waals surface area (Å²) in [5, 5.41) is 11.3. The van der Waals surface area contributed by atoms with Crippen molar-refractivity contribution in [3.63, 3.8) is 0 Å². The van der Waals surface area contributed by atoms with E-state index >= 15 is 0 Å². The maximum absolute atomic E-state index is 6.78. The van der Waals surface area contributed by atoms with Crippen molar-refractivity contribution in [3.8, 4) is 0 Å². The zero-order chi connectivity index (χ0) is 12.9. The molecular formula is C13H20N4OS. The van der Waals surface area contributed by atoms with Gasteiger partial charge in [0, 0.05) is 36.1 Å². The van der Waals surface area contributed by atoms with Crippen LogP contribution in [-0.2, 0) is 4.74 Å². The van der Waals surface area contributed by atoms with Crippen molar-refractivity contribution < 1.29 is 4.74 Å². The highest BCUT2D eigenvalue weighted by molar-refractivity contribution is 8.00. The number of aromatic amines is 1. The molecule has 0 amide bonds. The Morgan fingerprint density at radius 1 is 1.47 bits per heavy atom. The van der Waals surface area contributed by atoms with Gasteiger partial charge in [-0.2, -0.15) is 5.10 Å². The molecule has 0 bridgehead atoms. The normalized spacial score (nSPS) is 45.7. The fraction of sp³-hybridized carbons (Fsp3) is 0.769. The Hall–Kier alpha value is -0.560. The molecule has 1 aromatic rings. The molecule has 0 radical (unpaired) electrons. The number of H-pyrrole nitrogens is 1. The maximum atomic E-state index is 6.78. The highest BCUT2D eigenvalue weighted by Gasteiger charge is 2.59. The van der Waals surface area contributed by atoms with E-state index < -0.39 is 5.72 Å². The van der Waals surface area contributed by atoms with Crippen molar-refractivity contribution in [3.05, 3.63) is 18.0 Å². The van der Waals surface area contributed by atoms with E-state index in [1.54, 1.807) is 0 Å². The van der Waals surface area contributed by atoms with E-state index in [1.807, 2.05) is 24.2 Å². The molecule has 5 nitrogen and oxygen atoms in total. The first kappa shape index (κ1) is 12.2. The van der Waals surface area contributed by atoms with Crippen molar-refractivity contribution in [1.29, 1.82) is 0 Å². The van der Waals surface area contributed by atoms with E-state index in [0.29, 0.717) is 17.1 Å². The Morgan fingerprint density at radius 3 is 3.26 bits per heavy atom. The summed E-state index contributed by atoms with van der Waals surface area (Å²) >= 11 is 1.96. The lowest BCUT2D eigenvalue weighted by Crippen LogP contribution is -2.57. The van der Waals surface area contributed by atoms with Gasteiger partial charge in [-0.15, -0.1) is 11.8 Å². The first-order valence-corrected chi connectivity index (χ1v) is 8.01. The number of hydrogen-bond donors (Lipinski definition) is 3. The number of piperidine rings is 1. The van der Waals surface area contributed by atoms with Gasteiger partial charge in [0.1, 0.15) is 5.72 Å². The first-order chi connectivity index (χ1) is 9.29. The van der Waals surface area contributed by atoms with Gasteiger partial charge in [0.15, 0.2) is 0 Å². The van der Waals surface area contributed by atoms with Gasteiger partial charge in [0.25, 0.3) is 0 Å². The van der Waals surface area contributed by atoms with Gasteiger partial charge < -0.3 is 15.8 Å². The lowest BCUT2D eigenvalue weighted by atomic mass is 9.75. The molecule has 0 spiro atoms. The third-order valence-electron chi connectivity index (χ3n) is 4.80. The van der Waals surface area contributed by atoms with Crippen LogP contribution < -0.4 is 11.1 Å². The van der Waals surface area contributed by atoms with Crippen molar-refractivity contribution in [2.24, 2.45) is 17.6 Å². The minimum atomic E-state index is -0.525. The maximum Gasteiger partial charge on any atom is 0.137 e. The molecule has 0 aliphatic carbocycles. The van der Waals surface area contributed by atoms with Crippen molar-refractivity contribution >= 4 is 11.8 Å². The highest BCUT2D eigenvalue weighted by atomic mass is 32.2. The molecule has 1 aromatic heterocycles. The van der Waals surface area contributed by atoms with E-state index in [0.717, 1.165) is 26.1 Å². The summed E-state index contributed by atoms with van der Waals surface area (Å²) in [5.41, 5.74) is 7.42. The van der Waals surface area contributed by atoms with E-state index in [9.17, 15) is 0 Å². The van der Waals surface area contributed by atoms with Gasteiger partial charge >= 0.3 is 0 Å². The van der Waals surface area contributed by atoms with Crippen LogP contribution in [0.25, 0.3) is 0 Å². The lowest BCUT2D eigenvalue weighted by Gasteiger charge is -2.40. The molecule has 5 atom stereocenters. The molecule has 3 fully saturated rings. The number of nitrogens with one attached hydrogen (secondary N) is 2. The third-order valence-corrected chi connectivity index (χ3v) is 6.52. The van der Waals surface area contributed by atoms with E-state index in [1.165, 1.54) is 12.0 Å². The van der Waals surface area contributed by atoms with E-state index in [2.05, 4.69) is 15.5 Å². The Bertz CT molecular complexity index is 454. The molecule has 0 saturated carbocycles. The number of ether oxygens (including phenoxy) is 1. The molecule has 4 rings (SSSR count). The summed E-state index contributed by atoms with van der Waals surface area (Å²) in [6, 6.07) is 0. The first-order valence-electron chi connectivity index (χ1n) is 7.07. The highest BCUT2D eigenvalue weighted by Crippen LogP contribution is 2.58. The fourth-order valence-electron chi connectivity index (χ4n) is 4.01. The average Bonchev–Trinajstić information content (AvgIpc) is 2.98. The quantitative estimate of drug-likeness (QED) is 0.711. The molecule has 3 saturated heterocycles. The Kier molecular flexibility index (Phi) is 2.88. The largest absolute Gasteiger partial charge is 0.359 e. The SMILES string of the molecule is NC12OCCCC3CNCC(SC1c1cn[nH]c1)C32. The molecule has 5 unspecified atom stereocenters. The van der Waals surface area contributed by atoms with Crippen LogP contribution in [0.5, 0.6) is 0 Å². The summed E-state index contributed by atoms with van der Waals surface area (Å²) in [4.78, 5) is 0. The minimum absolute atomic E-state index is 0.196. The minimum Gasteiger partial charge on any atom is -0.359 e. The van der Waals surface area contributed by atoms with Crippen LogP contribution in [0.15, 0.2) is 12.4 Å². The Labute approximate surface area is 117 Å². The van der Waals surface area contributed by atoms with Crippen molar-refractivity contribution in [2.45, 2.75) is 29.1 Å². The standard InChI is InChI=1S/C13H20N4OS/c14-13-11-8(2-1-3-18-13)4-15-7-10(11)19-12(13)9-5-16-17-6-9/h5-6,8,10-12,15H,1-4,7,14H2,(H,16,17). The zero-order valence-corrected chi connectivity index (χ0v) is 11.7. The van der Waals surface area contributed by atoms with Crippen molar-refractivity contribution in [2.75, 3.05) is 19.7 Å². The van der Waals surface area contributed by atoms with E-state index in [4.69, 9.17) is 10.5 Å². The predicted octanol–water partition coefficient (Wildman–Crippen LogP) is 0.867. The molecule has 6 heteroatoms. The van der Waals surface area contributed by atoms with Gasteiger partial charge in [-0.05, 0) is 25.3 Å². The third kappa shape index (κ3) is 1.77. The van der Waals surface area contributed by atoms with E-state index in [-0.39, 0.29) is 5.25 Å². The van der Waals surface area contributed by atoms with Gasteiger partial charge in [-0.25, -0.2) is 0 Å². The lowest BCUT2D eigenvalue weighted by molar-refractivity contribution is -0.0809. The molecule has 3 aliphatic rings. The van der Waals surface area contributed by atoms with Crippen LogP contribution in [0.3, 0.4) is 0 Å². The summed E-state index contributed by atoms with van der Waals surface area (Å²) in [6.07, 6.45) is 6.20. The summed E-state index contributed by atoms with van der Waals surface area (Å²) in [6.45, 7) is 2.91. The summed E-state index contributed by atoms with van der Waals surface area (Å²) in [7, 11) is 0. The number of thioether (sulfide) groups is 1. The second-order valence-corrected chi connectivity index (χ2v) is 7.22. The van der Waals surface area contributed by atoms with Crippen molar-refractivity contribution in [1.82, 2.24) is 15.5 Å².